The molecule has 30 heavy (non-hydrogen) atoms. The van der Waals surface area contributed by atoms with Gasteiger partial charge in [0.15, 0.2) is 0 Å². The van der Waals surface area contributed by atoms with E-state index in [4.69, 9.17) is 0 Å². The molecule has 0 aromatic heterocycles. The highest BCUT2D eigenvalue weighted by Gasteiger charge is 2.39. The summed E-state index contributed by atoms with van der Waals surface area (Å²) in [7, 11) is 0. The normalized spacial score (nSPS) is 23.4. The standard InChI is InChI=1S/C24H28FN3O2/c25-21-11-4-1-7-17(21)12-13-26-23(29)18-8-5-6-16(14-18)15-22-19-9-2-3-10-20(19)24(30)28-27-22/h1,4-8,11,14,19-20,22,27H,2-3,9-10,12-13,15H2,(H,26,29)(H,28,30). The van der Waals surface area contributed by atoms with Crippen molar-refractivity contribution in [1.82, 2.24) is 16.2 Å². The van der Waals surface area contributed by atoms with E-state index in [-0.39, 0.29) is 29.6 Å². The molecule has 0 radical (unpaired) electrons. The molecule has 1 aliphatic carbocycles. The van der Waals surface area contributed by atoms with E-state index in [1.807, 2.05) is 18.2 Å². The number of fused-ring (bicyclic) bond motifs is 1. The van der Waals surface area contributed by atoms with Gasteiger partial charge in [-0.15, -0.1) is 0 Å². The van der Waals surface area contributed by atoms with Crippen molar-refractivity contribution in [3.8, 4) is 0 Å². The molecule has 1 heterocycles. The summed E-state index contributed by atoms with van der Waals surface area (Å²) < 4.78 is 13.7. The van der Waals surface area contributed by atoms with Crippen molar-refractivity contribution in [1.29, 1.82) is 0 Å². The summed E-state index contributed by atoms with van der Waals surface area (Å²) in [6.45, 7) is 0.379. The number of amides is 2. The second kappa shape index (κ2) is 9.39. The van der Waals surface area contributed by atoms with E-state index in [9.17, 15) is 14.0 Å². The number of rotatable bonds is 6. The van der Waals surface area contributed by atoms with Gasteiger partial charge in [0.1, 0.15) is 5.82 Å². The van der Waals surface area contributed by atoms with Gasteiger partial charge in [0, 0.05) is 24.1 Å². The lowest BCUT2D eigenvalue weighted by Crippen LogP contribution is -2.60. The molecule has 1 saturated carbocycles. The zero-order chi connectivity index (χ0) is 20.9. The lowest BCUT2D eigenvalue weighted by Gasteiger charge is -2.41. The molecular formula is C24H28FN3O2. The predicted octanol–water partition coefficient (Wildman–Crippen LogP) is 3.15. The van der Waals surface area contributed by atoms with Gasteiger partial charge in [0.05, 0.1) is 0 Å². The molecule has 2 aromatic carbocycles. The van der Waals surface area contributed by atoms with Crippen LogP contribution in [0.25, 0.3) is 0 Å². The van der Waals surface area contributed by atoms with Gasteiger partial charge < -0.3 is 5.32 Å². The molecule has 2 aliphatic rings. The van der Waals surface area contributed by atoms with Gasteiger partial charge in [0.25, 0.3) is 5.91 Å². The molecule has 2 amide bonds. The van der Waals surface area contributed by atoms with Gasteiger partial charge in [-0.05, 0) is 60.9 Å². The SMILES string of the molecule is O=C(NCCc1ccccc1F)c1cccc(CC2NNC(=O)C3CCCCC23)c1. The summed E-state index contributed by atoms with van der Waals surface area (Å²) in [6.07, 6.45) is 5.51. The van der Waals surface area contributed by atoms with Gasteiger partial charge in [0.2, 0.25) is 5.91 Å². The van der Waals surface area contributed by atoms with Crippen molar-refractivity contribution in [2.24, 2.45) is 11.8 Å². The van der Waals surface area contributed by atoms with Crippen LogP contribution in [0.1, 0.15) is 47.2 Å². The van der Waals surface area contributed by atoms with Gasteiger partial charge in [-0.1, -0.05) is 43.2 Å². The largest absolute Gasteiger partial charge is 0.352 e. The van der Waals surface area contributed by atoms with E-state index < -0.39 is 0 Å². The molecule has 3 N–H and O–H groups in total. The number of hydrazine groups is 1. The van der Waals surface area contributed by atoms with E-state index in [1.54, 1.807) is 24.3 Å². The first-order valence-corrected chi connectivity index (χ1v) is 10.8. The van der Waals surface area contributed by atoms with Crippen molar-refractivity contribution >= 4 is 11.8 Å². The molecule has 0 bridgehead atoms. The van der Waals surface area contributed by atoms with Crippen molar-refractivity contribution in [2.45, 2.75) is 44.6 Å². The third-order valence-corrected chi connectivity index (χ3v) is 6.34. The minimum Gasteiger partial charge on any atom is -0.352 e. The first kappa shape index (κ1) is 20.5. The third kappa shape index (κ3) is 4.70. The van der Waals surface area contributed by atoms with Gasteiger partial charge in [-0.2, -0.15) is 0 Å². The molecule has 2 aromatic rings. The summed E-state index contributed by atoms with van der Waals surface area (Å²) >= 11 is 0. The van der Waals surface area contributed by atoms with Crippen molar-refractivity contribution in [3.63, 3.8) is 0 Å². The average molecular weight is 410 g/mol. The highest BCUT2D eigenvalue weighted by Crippen LogP contribution is 2.35. The first-order valence-electron chi connectivity index (χ1n) is 10.8. The number of hydrogen-bond acceptors (Lipinski definition) is 3. The van der Waals surface area contributed by atoms with Crippen LogP contribution in [0.5, 0.6) is 0 Å². The molecule has 158 valence electrons. The van der Waals surface area contributed by atoms with Crippen molar-refractivity contribution in [2.75, 3.05) is 6.54 Å². The summed E-state index contributed by atoms with van der Waals surface area (Å²) in [5.41, 5.74) is 8.28. The van der Waals surface area contributed by atoms with Crippen LogP contribution in [-0.2, 0) is 17.6 Å². The zero-order valence-corrected chi connectivity index (χ0v) is 17.0. The van der Waals surface area contributed by atoms with Crippen LogP contribution in [0.15, 0.2) is 48.5 Å². The lowest BCUT2D eigenvalue weighted by molar-refractivity contribution is -0.133. The maximum absolute atomic E-state index is 13.7. The Kier molecular flexibility index (Phi) is 6.43. The number of carbonyl (C=O) groups excluding carboxylic acids is 2. The van der Waals surface area contributed by atoms with E-state index in [1.165, 1.54) is 6.07 Å². The van der Waals surface area contributed by atoms with Gasteiger partial charge >= 0.3 is 0 Å². The maximum atomic E-state index is 13.7. The molecule has 5 nitrogen and oxygen atoms in total. The quantitative estimate of drug-likeness (QED) is 0.687. The van der Waals surface area contributed by atoms with Crippen molar-refractivity contribution < 1.29 is 14.0 Å². The first-order chi connectivity index (χ1) is 14.6. The lowest BCUT2D eigenvalue weighted by atomic mass is 9.72. The molecule has 6 heteroatoms. The number of nitrogens with one attached hydrogen (secondary N) is 3. The fraction of sp³-hybridized carbons (Fsp3) is 0.417. The Bertz CT molecular complexity index is 917. The highest BCUT2D eigenvalue weighted by atomic mass is 19.1. The summed E-state index contributed by atoms with van der Waals surface area (Å²) in [5.74, 6) is 0.134. The zero-order valence-electron chi connectivity index (χ0n) is 17.0. The van der Waals surface area contributed by atoms with Crippen LogP contribution in [0, 0.1) is 17.7 Å². The van der Waals surface area contributed by atoms with Crippen LogP contribution in [-0.4, -0.2) is 24.4 Å². The molecule has 0 spiro atoms. The number of benzene rings is 2. The predicted molar refractivity (Wildman–Crippen MR) is 113 cm³/mol. The Morgan fingerprint density at radius 1 is 1.10 bits per heavy atom. The van der Waals surface area contributed by atoms with E-state index in [0.29, 0.717) is 30.0 Å². The Morgan fingerprint density at radius 2 is 1.93 bits per heavy atom. The van der Waals surface area contributed by atoms with Crippen LogP contribution in [0.2, 0.25) is 0 Å². The molecule has 3 unspecified atom stereocenters. The average Bonchev–Trinajstić information content (AvgIpc) is 2.77. The fourth-order valence-corrected chi connectivity index (χ4v) is 4.74. The Labute approximate surface area is 176 Å². The summed E-state index contributed by atoms with van der Waals surface area (Å²) in [4.78, 5) is 24.7. The van der Waals surface area contributed by atoms with Crippen molar-refractivity contribution in [3.05, 3.63) is 71.0 Å². The van der Waals surface area contributed by atoms with E-state index in [2.05, 4.69) is 16.2 Å². The highest BCUT2D eigenvalue weighted by molar-refractivity contribution is 5.94. The molecule has 1 saturated heterocycles. The molecule has 2 fully saturated rings. The third-order valence-electron chi connectivity index (χ3n) is 6.34. The second-order valence-electron chi connectivity index (χ2n) is 8.30. The van der Waals surface area contributed by atoms with Crippen LogP contribution in [0.3, 0.4) is 0 Å². The van der Waals surface area contributed by atoms with Crippen LogP contribution in [0.4, 0.5) is 4.39 Å². The van der Waals surface area contributed by atoms with Gasteiger partial charge in [-0.3, -0.25) is 15.0 Å². The maximum Gasteiger partial charge on any atom is 0.251 e. The molecule has 1 aliphatic heterocycles. The molecular weight excluding hydrogens is 381 g/mol. The smallest absolute Gasteiger partial charge is 0.251 e. The van der Waals surface area contributed by atoms with Crippen LogP contribution < -0.4 is 16.2 Å². The Morgan fingerprint density at radius 3 is 2.80 bits per heavy atom. The van der Waals surface area contributed by atoms with Gasteiger partial charge in [-0.25, -0.2) is 9.82 Å². The summed E-state index contributed by atoms with van der Waals surface area (Å²) in [5, 5.41) is 2.88. The Balaban J connectivity index is 1.36. The minimum absolute atomic E-state index is 0.0925. The van der Waals surface area contributed by atoms with E-state index >= 15 is 0 Å². The monoisotopic (exact) mass is 409 g/mol. The Hall–Kier alpha value is -2.73. The number of carbonyl (C=O) groups is 2. The topological polar surface area (TPSA) is 70.2 Å². The molecule has 4 rings (SSSR count). The molecule has 3 atom stereocenters. The second-order valence-corrected chi connectivity index (χ2v) is 8.30. The minimum atomic E-state index is -0.248. The number of hydrogen-bond donors (Lipinski definition) is 3. The fourth-order valence-electron chi connectivity index (χ4n) is 4.74. The van der Waals surface area contributed by atoms with Crippen LogP contribution >= 0.6 is 0 Å². The number of halogens is 1. The summed E-state index contributed by atoms with van der Waals surface area (Å²) in [6, 6.07) is 14.4. The van der Waals surface area contributed by atoms with E-state index in [0.717, 1.165) is 37.7 Å².